The molecule has 0 bridgehead atoms. The molecule has 1 aromatic rings. The van der Waals surface area contributed by atoms with E-state index in [1.165, 1.54) is 0 Å². The van der Waals surface area contributed by atoms with Crippen LogP contribution in [0.4, 0.5) is 0 Å². The number of carbonyl (C=O) groups is 1. The molecule has 0 saturated carbocycles. The molecule has 1 N–H and O–H groups in total. The number of nitrogens with one attached hydrogen (secondary N) is 1. The molecule has 0 fully saturated rings. The summed E-state index contributed by atoms with van der Waals surface area (Å²) in [6.07, 6.45) is 2.17. The van der Waals surface area contributed by atoms with Crippen LogP contribution in [-0.4, -0.2) is 55.9 Å². The Labute approximate surface area is 167 Å². The summed E-state index contributed by atoms with van der Waals surface area (Å²) in [4.78, 5) is 19.8. The second kappa shape index (κ2) is 12.4. The summed E-state index contributed by atoms with van der Waals surface area (Å²) in [6.45, 7) is 3.83. The van der Waals surface area contributed by atoms with Gasteiger partial charge in [0.2, 0.25) is 5.91 Å². The summed E-state index contributed by atoms with van der Waals surface area (Å²) in [6, 6.07) is 7.74. The second-order valence-corrected chi connectivity index (χ2v) is 6.13. The normalized spacial score (nSPS) is 10.8. The smallest absolute Gasteiger partial charge is 0.243 e. The zero-order valence-electron chi connectivity index (χ0n) is 14.9. The van der Waals surface area contributed by atoms with E-state index >= 15 is 0 Å². The molecule has 136 valence electrons. The van der Waals surface area contributed by atoms with Gasteiger partial charge in [0.1, 0.15) is 6.54 Å². The Morgan fingerprint density at radius 2 is 1.83 bits per heavy atom. The Hall–Kier alpha value is -1.02. The molecule has 0 aromatic heterocycles. The number of hydrogen-bond donors (Lipinski definition) is 1. The van der Waals surface area contributed by atoms with Gasteiger partial charge in [0.25, 0.3) is 0 Å². The second-order valence-electron chi connectivity index (χ2n) is 5.69. The Morgan fingerprint density at radius 1 is 1.21 bits per heavy atom. The van der Waals surface area contributed by atoms with Crippen molar-refractivity contribution in [3.63, 3.8) is 0 Å². The average molecular weight is 467 g/mol. The highest BCUT2D eigenvalue weighted by molar-refractivity contribution is 14.0. The number of likely N-dealkylation sites (N-methyl/N-ethyl adjacent to an activating group) is 1. The third kappa shape index (κ3) is 8.73. The number of aliphatic imine (C=N–C) groups is 1. The number of amides is 1. The summed E-state index contributed by atoms with van der Waals surface area (Å²) in [7, 11) is 5.44. The highest BCUT2D eigenvalue weighted by Gasteiger charge is 2.09. The van der Waals surface area contributed by atoms with Gasteiger partial charge in [-0.2, -0.15) is 0 Å². The van der Waals surface area contributed by atoms with Gasteiger partial charge >= 0.3 is 0 Å². The van der Waals surface area contributed by atoms with Crippen molar-refractivity contribution >= 4 is 47.4 Å². The van der Waals surface area contributed by atoms with Crippen molar-refractivity contribution < 1.29 is 4.79 Å². The molecule has 0 aliphatic heterocycles. The lowest BCUT2D eigenvalue weighted by Crippen LogP contribution is -2.40. The van der Waals surface area contributed by atoms with E-state index in [-0.39, 0.29) is 36.4 Å². The quantitative estimate of drug-likeness (QED) is 0.290. The van der Waals surface area contributed by atoms with Crippen molar-refractivity contribution in [2.75, 3.05) is 34.2 Å². The maximum absolute atomic E-state index is 11.8. The number of hydrogen-bond acceptors (Lipinski definition) is 2. The number of nitrogens with zero attached hydrogens (tertiary/aromatic N) is 3. The van der Waals surface area contributed by atoms with Crippen molar-refractivity contribution in [1.82, 2.24) is 15.1 Å². The van der Waals surface area contributed by atoms with Crippen molar-refractivity contribution in [2.45, 2.75) is 26.3 Å². The molecule has 5 nitrogen and oxygen atoms in total. The van der Waals surface area contributed by atoms with Crippen molar-refractivity contribution in [1.29, 1.82) is 0 Å². The van der Waals surface area contributed by atoms with Gasteiger partial charge in [0, 0.05) is 39.3 Å². The molecule has 0 saturated heterocycles. The van der Waals surface area contributed by atoms with Gasteiger partial charge in [0.15, 0.2) is 5.96 Å². The van der Waals surface area contributed by atoms with Crippen LogP contribution in [-0.2, 0) is 11.3 Å². The van der Waals surface area contributed by atoms with Crippen LogP contribution in [0, 0.1) is 0 Å². The molecule has 1 aromatic carbocycles. The molecule has 1 rings (SSSR count). The van der Waals surface area contributed by atoms with Crippen LogP contribution in [0.5, 0.6) is 0 Å². The van der Waals surface area contributed by atoms with Crippen LogP contribution < -0.4 is 5.32 Å². The largest absolute Gasteiger partial charge is 0.356 e. The van der Waals surface area contributed by atoms with E-state index in [4.69, 9.17) is 11.6 Å². The van der Waals surface area contributed by atoms with Crippen LogP contribution in [0.25, 0.3) is 0 Å². The van der Waals surface area contributed by atoms with Gasteiger partial charge in [-0.3, -0.25) is 4.79 Å². The molecule has 24 heavy (non-hydrogen) atoms. The first-order valence-electron chi connectivity index (χ1n) is 7.88. The topological polar surface area (TPSA) is 47.9 Å². The predicted octanol–water partition coefficient (Wildman–Crippen LogP) is 3.22. The molecular formula is C17H28ClIN4O. The van der Waals surface area contributed by atoms with Crippen LogP contribution >= 0.6 is 35.6 Å². The zero-order chi connectivity index (χ0) is 17.2. The maximum atomic E-state index is 11.8. The predicted molar refractivity (Wildman–Crippen MR) is 112 cm³/mol. The Morgan fingerprint density at radius 3 is 2.38 bits per heavy atom. The van der Waals surface area contributed by atoms with Crippen LogP contribution in [0.15, 0.2) is 29.3 Å². The molecule has 7 heteroatoms. The summed E-state index contributed by atoms with van der Waals surface area (Å²) in [5.74, 6) is 0.725. The minimum Gasteiger partial charge on any atom is -0.356 e. The number of guanidine groups is 1. The lowest BCUT2D eigenvalue weighted by molar-refractivity contribution is -0.127. The summed E-state index contributed by atoms with van der Waals surface area (Å²) in [5, 5.41) is 4.05. The molecule has 0 heterocycles. The highest BCUT2D eigenvalue weighted by Crippen LogP contribution is 2.11. The van der Waals surface area contributed by atoms with E-state index in [2.05, 4.69) is 17.2 Å². The molecule has 0 aliphatic carbocycles. The summed E-state index contributed by atoms with van der Waals surface area (Å²) >= 11 is 5.92. The number of carbonyl (C=O) groups excluding carboxylic acids is 1. The third-order valence-electron chi connectivity index (χ3n) is 3.37. The minimum atomic E-state index is -0.0142. The first-order valence-corrected chi connectivity index (χ1v) is 8.26. The van der Waals surface area contributed by atoms with Crippen molar-refractivity contribution in [2.24, 2.45) is 4.99 Å². The van der Waals surface area contributed by atoms with Gasteiger partial charge in [-0.05, 0) is 24.1 Å². The molecule has 1 amide bonds. The van der Waals surface area contributed by atoms with Crippen molar-refractivity contribution in [3.8, 4) is 0 Å². The molecule has 0 unspecified atom stereocenters. The Bertz CT molecular complexity index is 520. The lowest BCUT2D eigenvalue weighted by atomic mass is 10.2. The fraction of sp³-hybridized carbons (Fsp3) is 0.529. The van der Waals surface area contributed by atoms with Crippen LogP contribution in [0.3, 0.4) is 0 Å². The van der Waals surface area contributed by atoms with Crippen LogP contribution in [0.2, 0.25) is 5.02 Å². The molecular weight excluding hydrogens is 439 g/mol. The molecule has 0 spiro atoms. The first kappa shape index (κ1) is 23.0. The van der Waals surface area contributed by atoms with Gasteiger partial charge in [-0.25, -0.2) is 4.99 Å². The summed E-state index contributed by atoms with van der Waals surface area (Å²) in [5.41, 5.74) is 1.14. The Kier molecular flexibility index (Phi) is 11.8. The highest BCUT2D eigenvalue weighted by atomic mass is 127. The number of halogens is 2. The Balaban J connectivity index is 0.00000529. The van der Waals surface area contributed by atoms with E-state index in [1.54, 1.807) is 19.0 Å². The molecule has 0 radical (unpaired) electrons. The van der Waals surface area contributed by atoms with Gasteiger partial charge in [-0.15, -0.1) is 24.0 Å². The van der Waals surface area contributed by atoms with Gasteiger partial charge in [0.05, 0.1) is 0 Å². The first-order chi connectivity index (χ1) is 10.9. The number of benzene rings is 1. The van der Waals surface area contributed by atoms with E-state index in [9.17, 15) is 4.79 Å². The van der Waals surface area contributed by atoms with E-state index in [0.717, 1.165) is 35.9 Å². The third-order valence-corrected chi connectivity index (χ3v) is 3.62. The monoisotopic (exact) mass is 466 g/mol. The fourth-order valence-electron chi connectivity index (χ4n) is 1.91. The molecule has 0 atom stereocenters. The van der Waals surface area contributed by atoms with E-state index in [0.29, 0.717) is 6.54 Å². The minimum absolute atomic E-state index is 0. The summed E-state index contributed by atoms with van der Waals surface area (Å²) < 4.78 is 0. The molecule has 0 aliphatic rings. The van der Waals surface area contributed by atoms with Crippen LogP contribution in [0.1, 0.15) is 25.3 Å². The lowest BCUT2D eigenvalue weighted by Gasteiger charge is -2.23. The van der Waals surface area contributed by atoms with E-state index in [1.807, 2.05) is 36.2 Å². The zero-order valence-corrected chi connectivity index (χ0v) is 18.0. The number of unbranched alkanes of at least 4 members (excludes halogenated alkanes) is 1. The fourth-order valence-corrected chi connectivity index (χ4v) is 2.04. The SMILES string of the molecule is CCCCNC(=NCC(=O)N(C)C)N(C)Cc1ccc(Cl)cc1.I. The van der Waals surface area contributed by atoms with Gasteiger partial charge < -0.3 is 15.1 Å². The number of rotatable bonds is 7. The average Bonchev–Trinajstić information content (AvgIpc) is 2.52. The van der Waals surface area contributed by atoms with Gasteiger partial charge in [-0.1, -0.05) is 37.1 Å². The maximum Gasteiger partial charge on any atom is 0.243 e. The standard InChI is InChI=1S/C17H27ClN4O.HI/c1-5-6-11-19-17(20-12-16(23)21(2)3)22(4)13-14-7-9-15(18)10-8-14;/h7-10H,5-6,11-13H2,1-4H3,(H,19,20);1H. The van der Waals surface area contributed by atoms with Crippen molar-refractivity contribution in [3.05, 3.63) is 34.9 Å². The van der Waals surface area contributed by atoms with E-state index < -0.39 is 0 Å².